The fourth-order valence-corrected chi connectivity index (χ4v) is 7.40. The fourth-order valence-electron chi connectivity index (χ4n) is 6.26. The van der Waals surface area contributed by atoms with Crippen LogP contribution in [0.15, 0.2) is 127 Å². The summed E-state index contributed by atoms with van der Waals surface area (Å²) in [5.41, 5.74) is 7.72. The highest BCUT2D eigenvalue weighted by molar-refractivity contribution is 7.25. The van der Waals surface area contributed by atoms with Crippen LogP contribution in [0, 0.1) is 22.7 Å². The van der Waals surface area contributed by atoms with Crippen LogP contribution in [0.25, 0.3) is 69.9 Å². The zero-order valence-corrected chi connectivity index (χ0v) is 23.2. The lowest BCUT2D eigenvalue weighted by atomic mass is 9.90. The number of hydrogen-bond donors (Lipinski definition) is 0. The molecule has 4 heteroatoms. The largest absolute Gasteiger partial charge is 0.307 e. The van der Waals surface area contributed by atoms with Crippen LogP contribution >= 0.6 is 11.3 Å². The van der Waals surface area contributed by atoms with E-state index in [1.807, 2.05) is 42.5 Å². The molecule has 0 N–H and O–H groups in total. The van der Waals surface area contributed by atoms with E-state index in [-0.39, 0.29) is 0 Å². The third-order valence-corrected chi connectivity index (χ3v) is 9.20. The van der Waals surface area contributed by atoms with Crippen molar-refractivity contribution in [3.05, 3.63) is 139 Å². The highest BCUT2D eigenvalue weighted by atomic mass is 32.1. The first-order chi connectivity index (χ1) is 20.7. The summed E-state index contributed by atoms with van der Waals surface area (Å²) in [4.78, 5) is 0. The maximum atomic E-state index is 10.5. The van der Waals surface area contributed by atoms with Gasteiger partial charge in [-0.25, -0.2) is 0 Å². The molecule has 0 aliphatic heterocycles. The topological polar surface area (TPSA) is 52.5 Å². The van der Waals surface area contributed by atoms with Crippen LogP contribution in [0.5, 0.6) is 0 Å². The SMILES string of the molecule is N#Cc1cc(C#N)c(-n2c3ccccc3c3ccccc32)c(-c2ccccc2-c2ccc3c(c2)sc2ccccc23)c1. The Morgan fingerprint density at radius 3 is 1.83 bits per heavy atom. The van der Waals surface area contributed by atoms with Crippen molar-refractivity contribution in [2.45, 2.75) is 0 Å². The van der Waals surface area contributed by atoms with E-state index in [0.717, 1.165) is 49.7 Å². The second-order valence-electron chi connectivity index (χ2n) is 10.4. The lowest BCUT2D eigenvalue weighted by Crippen LogP contribution is -2.02. The molecule has 2 aromatic heterocycles. The molecule has 0 amide bonds. The van der Waals surface area contributed by atoms with Crippen molar-refractivity contribution in [3.8, 4) is 40.1 Å². The molecule has 0 spiro atoms. The van der Waals surface area contributed by atoms with Crippen LogP contribution in [0.1, 0.15) is 11.1 Å². The molecule has 6 aromatic carbocycles. The van der Waals surface area contributed by atoms with Gasteiger partial charge in [0.2, 0.25) is 0 Å². The predicted octanol–water partition coefficient (Wildman–Crippen LogP) is 10.2. The zero-order valence-electron chi connectivity index (χ0n) is 22.4. The standard InChI is InChI=1S/C38H21N3S/c39-22-24-19-26(23-40)38(41-34-14-6-3-11-29(34)30-12-4-7-15-35(30)41)33(20-24)28-10-2-1-9-27(28)25-17-18-32-31-13-5-8-16-36(31)42-37(32)21-25/h1-21H. The lowest BCUT2D eigenvalue weighted by molar-refractivity contribution is 1.17. The molecule has 3 nitrogen and oxygen atoms in total. The van der Waals surface area contributed by atoms with Crippen molar-refractivity contribution >= 4 is 53.3 Å². The van der Waals surface area contributed by atoms with E-state index in [0.29, 0.717) is 11.1 Å². The van der Waals surface area contributed by atoms with E-state index in [2.05, 4.69) is 95.6 Å². The monoisotopic (exact) mass is 551 g/mol. The molecule has 2 heterocycles. The van der Waals surface area contributed by atoms with Gasteiger partial charge in [0.05, 0.1) is 33.9 Å². The number of thiophene rings is 1. The van der Waals surface area contributed by atoms with E-state index in [4.69, 9.17) is 0 Å². The van der Waals surface area contributed by atoms with Gasteiger partial charge in [-0.15, -0.1) is 11.3 Å². The van der Waals surface area contributed by atoms with Gasteiger partial charge in [0.15, 0.2) is 0 Å². The van der Waals surface area contributed by atoms with Gasteiger partial charge in [-0.3, -0.25) is 0 Å². The number of hydrogen-bond acceptors (Lipinski definition) is 3. The maximum absolute atomic E-state index is 10.5. The number of para-hydroxylation sites is 2. The average molecular weight is 552 g/mol. The molecule has 0 saturated carbocycles. The fraction of sp³-hybridized carbons (Fsp3) is 0. The molecule has 0 saturated heterocycles. The van der Waals surface area contributed by atoms with Crippen molar-refractivity contribution in [1.29, 1.82) is 10.5 Å². The molecule has 194 valence electrons. The van der Waals surface area contributed by atoms with Crippen LogP contribution in [-0.4, -0.2) is 4.57 Å². The van der Waals surface area contributed by atoms with E-state index < -0.39 is 0 Å². The molecule has 0 radical (unpaired) electrons. The molecule has 0 bridgehead atoms. The number of nitriles is 2. The van der Waals surface area contributed by atoms with Gasteiger partial charge in [-0.1, -0.05) is 91.0 Å². The summed E-state index contributed by atoms with van der Waals surface area (Å²) in [6, 6.07) is 48.4. The molecule has 42 heavy (non-hydrogen) atoms. The van der Waals surface area contributed by atoms with Crippen LogP contribution in [-0.2, 0) is 0 Å². The highest BCUT2D eigenvalue weighted by Gasteiger charge is 2.22. The Labute approximate surface area is 246 Å². The van der Waals surface area contributed by atoms with Crippen LogP contribution in [0.2, 0.25) is 0 Å². The van der Waals surface area contributed by atoms with E-state index >= 15 is 0 Å². The third-order valence-electron chi connectivity index (χ3n) is 8.07. The van der Waals surface area contributed by atoms with Gasteiger partial charge >= 0.3 is 0 Å². The summed E-state index contributed by atoms with van der Waals surface area (Å²) < 4.78 is 4.69. The molecule has 0 aliphatic carbocycles. The minimum atomic E-state index is 0.459. The van der Waals surface area contributed by atoms with Crippen molar-refractivity contribution in [2.24, 2.45) is 0 Å². The Hall–Kier alpha value is -5.68. The Morgan fingerprint density at radius 1 is 0.500 bits per heavy atom. The molecule has 8 aromatic rings. The summed E-state index contributed by atoms with van der Waals surface area (Å²) in [5.74, 6) is 0. The number of fused-ring (bicyclic) bond motifs is 6. The van der Waals surface area contributed by atoms with Crippen molar-refractivity contribution < 1.29 is 0 Å². The molecule has 0 fully saturated rings. The number of nitrogens with zero attached hydrogens (tertiary/aromatic N) is 3. The molecule has 0 atom stereocenters. The first-order valence-corrected chi connectivity index (χ1v) is 14.5. The maximum Gasteiger partial charge on any atom is 0.101 e. The van der Waals surface area contributed by atoms with Gasteiger partial charge in [-0.2, -0.15) is 10.5 Å². The smallest absolute Gasteiger partial charge is 0.101 e. The number of benzene rings is 6. The van der Waals surface area contributed by atoms with Gasteiger partial charge in [-0.05, 0) is 53.1 Å². The zero-order chi connectivity index (χ0) is 28.2. The summed E-state index contributed by atoms with van der Waals surface area (Å²) in [6.07, 6.45) is 0. The number of aromatic nitrogens is 1. The molecule has 8 rings (SSSR count). The van der Waals surface area contributed by atoms with Crippen molar-refractivity contribution in [2.75, 3.05) is 0 Å². The predicted molar refractivity (Wildman–Crippen MR) is 174 cm³/mol. The van der Waals surface area contributed by atoms with E-state index in [9.17, 15) is 10.5 Å². The quantitative estimate of drug-likeness (QED) is 0.219. The Bertz CT molecular complexity index is 2390. The lowest BCUT2D eigenvalue weighted by Gasteiger charge is -2.19. The summed E-state index contributed by atoms with van der Waals surface area (Å²) in [5, 5.41) is 25.2. The summed E-state index contributed by atoms with van der Waals surface area (Å²) >= 11 is 1.80. The second kappa shape index (κ2) is 9.46. The van der Waals surface area contributed by atoms with Gasteiger partial charge in [0.1, 0.15) is 6.07 Å². The van der Waals surface area contributed by atoms with Crippen molar-refractivity contribution in [1.82, 2.24) is 4.57 Å². The summed E-state index contributed by atoms with van der Waals surface area (Å²) in [7, 11) is 0. The Kier molecular flexibility index (Phi) is 5.44. The van der Waals surface area contributed by atoms with E-state index in [1.54, 1.807) is 17.4 Å². The third kappa shape index (κ3) is 3.57. The van der Waals surface area contributed by atoms with Gasteiger partial charge < -0.3 is 4.57 Å². The highest BCUT2D eigenvalue weighted by Crippen LogP contribution is 2.43. The number of rotatable bonds is 3. The van der Waals surface area contributed by atoms with Crippen molar-refractivity contribution in [3.63, 3.8) is 0 Å². The normalized spacial score (nSPS) is 11.3. The second-order valence-corrected chi connectivity index (χ2v) is 11.5. The Morgan fingerprint density at radius 2 is 1.12 bits per heavy atom. The molecular weight excluding hydrogens is 531 g/mol. The molecule has 0 aliphatic rings. The summed E-state index contributed by atoms with van der Waals surface area (Å²) in [6.45, 7) is 0. The molecular formula is C38H21N3S. The van der Waals surface area contributed by atoms with E-state index in [1.165, 1.54) is 20.2 Å². The first kappa shape index (κ1) is 24.1. The van der Waals surface area contributed by atoms with Gasteiger partial charge in [0, 0.05) is 36.5 Å². The average Bonchev–Trinajstić information content (AvgIpc) is 3.59. The minimum absolute atomic E-state index is 0.459. The van der Waals surface area contributed by atoms with Gasteiger partial charge in [0.25, 0.3) is 0 Å². The minimum Gasteiger partial charge on any atom is -0.307 e. The molecule has 0 unspecified atom stereocenters. The first-order valence-electron chi connectivity index (χ1n) is 13.7. The van der Waals surface area contributed by atoms with Crippen LogP contribution in [0.3, 0.4) is 0 Å². The Balaban J connectivity index is 1.45. The van der Waals surface area contributed by atoms with Crippen LogP contribution < -0.4 is 0 Å². The van der Waals surface area contributed by atoms with Crippen LogP contribution in [0.4, 0.5) is 0 Å².